The number of thioether (sulfide) groups is 1. The number of carbonyl (C=O) groups is 2. The van der Waals surface area contributed by atoms with Crippen LogP contribution in [-0.2, 0) is 9.59 Å². The van der Waals surface area contributed by atoms with Crippen molar-refractivity contribution in [2.24, 2.45) is 0 Å². The Balaban J connectivity index is 1.78. The predicted octanol–water partition coefficient (Wildman–Crippen LogP) is 3.76. The molecule has 0 bridgehead atoms. The van der Waals surface area contributed by atoms with Gasteiger partial charge in [-0.05, 0) is 37.4 Å². The molecule has 7 heteroatoms. The minimum atomic E-state index is -0.391. The molecular weight excluding hydrogens is 401 g/mol. The first kappa shape index (κ1) is 22.1. The van der Waals surface area contributed by atoms with Crippen LogP contribution in [0.5, 0.6) is 0 Å². The molecule has 5 nitrogen and oxygen atoms in total. The van der Waals surface area contributed by atoms with Gasteiger partial charge in [0.2, 0.25) is 5.91 Å². The lowest BCUT2D eigenvalue weighted by Gasteiger charge is -2.30. The highest BCUT2D eigenvalue weighted by molar-refractivity contribution is 8.04. The summed E-state index contributed by atoms with van der Waals surface area (Å²) in [5.41, 5.74) is 1.04. The van der Waals surface area contributed by atoms with E-state index in [4.69, 9.17) is 0 Å². The van der Waals surface area contributed by atoms with E-state index in [2.05, 4.69) is 24.1 Å². The number of nitrogens with one attached hydrogen (secondary N) is 1. The molecule has 2 aromatic carbocycles. The Kier molecular flexibility index (Phi) is 7.65. The zero-order valence-electron chi connectivity index (χ0n) is 17.2. The third kappa shape index (κ3) is 5.29. The Morgan fingerprint density at radius 2 is 1.83 bits per heavy atom. The van der Waals surface area contributed by atoms with Crippen LogP contribution in [0, 0.1) is 5.82 Å². The molecule has 3 rings (SSSR count). The van der Waals surface area contributed by atoms with Crippen molar-refractivity contribution in [3.05, 3.63) is 64.8 Å². The summed E-state index contributed by atoms with van der Waals surface area (Å²) in [6.07, 6.45) is 1.55. The highest BCUT2D eigenvalue weighted by Crippen LogP contribution is 2.42. The zero-order valence-corrected chi connectivity index (χ0v) is 18.0. The van der Waals surface area contributed by atoms with Crippen LogP contribution in [0.15, 0.2) is 58.3 Å². The molecule has 1 heterocycles. The Labute approximate surface area is 180 Å². The van der Waals surface area contributed by atoms with Gasteiger partial charge in [-0.15, -0.1) is 0 Å². The standard InChI is InChI=1S/C23H26FN3O2S/c1-3-26(4-2)14-13-25-22(28)16-27-19-11-7-8-12-20(19)30-21(23(27)29)15-17-9-5-6-10-18(17)24/h5-12,15H,3-4,13-14,16H2,1-2H3,(H,25,28)/b21-15-. The number of amides is 2. The van der Waals surface area contributed by atoms with E-state index in [1.165, 1.54) is 22.7 Å². The molecular formula is C23H26FN3O2S. The van der Waals surface area contributed by atoms with Crippen LogP contribution in [0.25, 0.3) is 6.08 Å². The lowest BCUT2D eigenvalue weighted by molar-refractivity contribution is -0.122. The fourth-order valence-electron chi connectivity index (χ4n) is 3.25. The lowest BCUT2D eigenvalue weighted by Crippen LogP contribution is -2.44. The van der Waals surface area contributed by atoms with Gasteiger partial charge in [0.25, 0.3) is 5.91 Å². The minimum absolute atomic E-state index is 0.0801. The number of rotatable bonds is 8. The second-order valence-electron chi connectivity index (χ2n) is 6.87. The van der Waals surface area contributed by atoms with Gasteiger partial charge in [-0.3, -0.25) is 14.5 Å². The molecule has 30 heavy (non-hydrogen) atoms. The number of hydrogen-bond acceptors (Lipinski definition) is 4. The first-order valence-corrected chi connectivity index (χ1v) is 10.9. The van der Waals surface area contributed by atoms with E-state index in [0.29, 0.717) is 22.7 Å². The number of nitrogens with zero attached hydrogens (tertiary/aromatic N) is 2. The van der Waals surface area contributed by atoms with Crippen molar-refractivity contribution in [3.8, 4) is 0 Å². The molecule has 2 amide bonds. The van der Waals surface area contributed by atoms with Crippen LogP contribution in [-0.4, -0.2) is 49.4 Å². The van der Waals surface area contributed by atoms with E-state index in [1.54, 1.807) is 24.3 Å². The van der Waals surface area contributed by atoms with Gasteiger partial charge in [-0.2, -0.15) is 0 Å². The Hall–Kier alpha value is -2.64. The third-order valence-electron chi connectivity index (χ3n) is 4.97. The highest BCUT2D eigenvalue weighted by atomic mass is 32.2. The van der Waals surface area contributed by atoms with Crippen LogP contribution in [0.2, 0.25) is 0 Å². The van der Waals surface area contributed by atoms with Gasteiger partial charge in [0.05, 0.1) is 10.6 Å². The number of benzene rings is 2. The number of para-hydroxylation sites is 1. The van der Waals surface area contributed by atoms with Gasteiger partial charge in [-0.1, -0.05) is 55.9 Å². The van der Waals surface area contributed by atoms with Crippen LogP contribution >= 0.6 is 11.8 Å². The fraction of sp³-hybridized carbons (Fsp3) is 0.304. The van der Waals surface area contributed by atoms with Crippen molar-refractivity contribution in [2.45, 2.75) is 18.7 Å². The molecule has 0 unspecified atom stereocenters. The van der Waals surface area contributed by atoms with E-state index >= 15 is 0 Å². The van der Waals surface area contributed by atoms with Crippen LogP contribution in [0.3, 0.4) is 0 Å². The molecule has 0 aliphatic carbocycles. The van der Waals surface area contributed by atoms with Crippen LogP contribution in [0.4, 0.5) is 10.1 Å². The van der Waals surface area contributed by atoms with E-state index in [0.717, 1.165) is 24.5 Å². The maximum absolute atomic E-state index is 14.1. The van der Waals surface area contributed by atoms with Crippen LogP contribution in [0.1, 0.15) is 19.4 Å². The summed E-state index contributed by atoms with van der Waals surface area (Å²) in [7, 11) is 0. The number of halogens is 1. The first-order chi connectivity index (χ1) is 14.5. The number of anilines is 1. The van der Waals surface area contributed by atoms with Crippen molar-refractivity contribution in [1.82, 2.24) is 10.2 Å². The number of hydrogen-bond donors (Lipinski definition) is 1. The van der Waals surface area contributed by atoms with E-state index in [-0.39, 0.29) is 18.4 Å². The van der Waals surface area contributed by atoms with Gasteiger partial charge in [0, 0.05) is 23.5 Å². The van der Waals surface area contributed by atoms with Crippen molar-refractivity contribution < 1.29 is 14.0 Å². The number of carbonyl (C=O) groups excluding carboxylic acids is 2. The summed E-state index contributed by atoms with van der Waals surface area (Å²) in [4.78, 5) is 30.6. The van der Waals surface area contributed by atoms with E-state index in [1.807, 2.05) is 24.3 Å². The molecule has 0 fully saturated rings. The summed E-state index contributed by atoms with van der Waals surface area (Å²) in [6, 6.07) is 13.8. The second-order valence-corrected chi connectivity index (χ2v) is 7.95. The topological polar surface area (TPSA) is 52.7 Å². The normalized spacial score (nSPS) is 14.9. The number of fused-ring (bicyclic) bond motifs is 1. The minimum Gasteiger partial charge on any atom is -0.353 e. The van der Waals surface area contributed by atoms with Gasteiger partial charge in [0.1, 0.15) is 12.4 Å². The molecule has 0 radical (unpaired) electrons. The van der Waals surface area contributed by atoms with Crippen molar-refractivity contribution >= 4 is 35.3 Å². The van der Waals surface area contributed by atoms with Gasteiger partial charge in [-0.25, -0.2) is 4.39 Å². The maximum atomic E-state index is 14.1. The molecule has 2 aromatic rings. The quantitative estimate of drug-likeness (QED) is 0.652. The molecule has 0 saturated carbocycles. The van der Waals surface area contributed by atoms with Gasteiger partial charge in [0.15, 0.2) is 0 Å². The van der Waals surface area contributed by atoms with Crippen molar-refractivity contribution in [3.63, 3.8) is 0 Å². The van der Waals surface area contributed by atoms with Gasteiger partial charge < -0.3 is 10.2 Å². The molecule has 0 saturated heterocycles. The zero-order chi connectivity index (χ0) is 21.5. The van der Waals surface area contributed by atoms with Crippen molar-refractivity contribution in [2.75, 3.05) is 37.6 Å². The summed E-state index contributed by atoms with van der Waals surface area (Å²) in [6.45, 7) is 7.21. The highest BCUT2D eigenvalue weighted by Gasteiger charge is 2.30. The predicted molar refractivity (Wildman–Crippen MR) is 120 cm³/mol. The maximum Gasteiger partial charge on any atom is 0.265 e. The summed E-state index contributed by atoms with van der Waals surface area (Å²) >= 11 is 1.29. The molecule has 158 valence electrons. The van der Waals surface area contributed by atoms with E-state index in [9.17, 15) is 14.0 Å². The fourth-order valence-corrected chi connectivity index (χ4v) is 4.30. The summed E-state index contributed by atoms with van der Waals surface area (Å²) in [5, 5.41) is 2.89. The number of likely N-dealkylation sites (N-methyl/N-ethyl adjacent to an activating group) is 1. The van der Waals surface area contributed by atoms with E-state index < -0.39 is 5.82 Å². The monoisotopic (exact) mass is 427 g/mol. The first-order valence-electron chi connectivity index (χ1n) is 10.1. The molecule has 0 spiro atoms. The SMILES string of the molecule is CCN(CC)CCNC(=O)CN1C(=O)/C(=C/c2ccccc2F)Sc2ccccc21. The Bertz CT molecular complexity index is 944. The third-order valence-corrected chi connectivity index (χ3v) is 6.05. The molecule has 1 N–H and O–H groups in total. The Morgan fingerprint density at radius 1 is 1.13 bits per heavy atom. The summed E-state index contributed by atoms with van der Waals surface area (Å²) < 4.78 is 14.1. The average molecular weight is 428 g/mol. The molecule has 0 atom stereocenters. The largest absolute Gasteiger partial charge is 0.353 e. The Morgan fingerprint density at radius 3 is 2.57 bits per heavy atom. The lowest BCUT2D eigenvalue weighted by atomic mass is 10.2. The molecule has 0 aromatic heterocycles. The van der Waals surface area contributed by atoms with Crippen molar-refractivity contribution in [1.29, 1.82) is 0 Å². The van der Waals surface area contributed by atoms with Crippen LogP contribution < -0.4 is 10.2 Å². The second kappa shape index (κ2) is 10.4. The molecule has 1 aliphatic rings. The van der Waals surface area contributed by atoms with Gasteiger partial charge >= 0.3 is 0 Å². The smallest absolute Gasteiger partial charge is 0.265 e. The summed E-state index contributed by atoms with van der Waals surface area (Å²) in [5.74, 6) is -0.916. The molecule has 1 aliphatic heterocycles. The average Bonchev–Trinajstić information content (AvgIpc) is 2.75.